The summed E-state index contributed by atoms with van der Waals surface area (Å²) in [5.41, 5.74) is 2.75. The normalized spacial score (nSPS) is 16.8. The van der Waals surface area contributed by atoms with E-state index < -0.39 is 0 Å². The standard InChI is InChI=1S/C11H22N2O/c1-13(2)12-11(14)9-4-3-6-10-7-5-8-10/h10H,3-9H2,1-2H3,(H,12,14). The second-order valence-corrected chi connectivity index (χ2v) is 4.47. The second-order valence-electron chi connectivity index (χ2n) is 4.47. The van der Waals surface area contributed by atoms with Gasteiger partial charge in [-0.1, -0.05) is 32.1 Å². The Hall–Kier alpha value is -0.570. The van der Waals surface area contributed by atoms with Crippen LogP contribution in [0.25, 0.3) is 0 Å². The Labute approximate surface area is 86.8 Å². The monoisotopic (exact) mass is 198 g/mol. The zero-order valence-corrected chi connectivity index (χ0v) is 9.38. The number of carbonyl (C=O) groups is 1. The molecule has 0 unspecified atom stereocenters. The van der Waals surface area contributed by atoms with Crippen LogP contribution in [0.15, 0.2) is 0 Å². The highest BCUT2D eigenvalue weighted by atomic mass is 16.2. The molecule has 3 heteroatoms. The molecular formula is C11H22N2O. The lowest BCUT2D eigenvalue weighted by Gasteiger charge is -2.24. The van der Waals surface area contributed by atoms with Crippen LogP contribution in [0.4, 0.5) is 0 Å². The highest BCUT2D eigenvalue weighted by Crippen LogP contribution is 2.30. The van der Waals surface area contributed by atoms with Gasteiger partial charge in [0, 0.05) is 20.5 Å². The topological polar surface area (TPSA) is 32.3 Å². The number of carbonyl (C=O) groups excluding carboxylic acids is 1. The predicted octanol–water partition coefficient (Wildman–Crippen LogP) is 1.94. The van der Waals surface area contributed by atoms with Gasteiger partial charge in [0.05, 0.1) is 0 Å². The third-order valence-corrected chi connectivity index (χ3v) is 2.84. The van der Waals surface area contributed by atoms with Gasteiger partial charge in [-0.05, 0) is 12.3 Å². The van der Waals surface area contributed by atoms with E-state index in [0.29, 0.717) is 6.42 Å². The fourth-order valence-electron chi connectivity index (χ4n) is 1.81. The molecular weight excluding hydrogens is 176 g/mol. The molecule has 1 N–H and O–H groups in total. The predicted molar refractivity (Wildman–Crippen MR) is 57.6 cm³/mol. The Morgan fingerprint density at radius 2 is 2.07 bits per heavy atom. The second kappa shape index (κ2) is 6.02. The molecule has 1 aliphatic rings. The molecule has 0 atom stereocenters. The number of hydrazine groups is 1. The van der Waals surface area contributed by atoms with Crippen molar-refractivity contribution in [3.05, 3.63) is 0 Å². The smallest absolute Gasteiger partial charge is 0.234 e. The highest BCUT2D eigenvalue weighted by molar-refractivity contribution is 5.75. The first-order chi connectivity index (χ1) is 6.68. The van der Waals surface area contributed by atoms with E-state index in [-0.39, 0.29) is 5.91 Å². The quantitative estimate of drug-likeness (QED) is 0.522. The Morgan fingerprint density at radius 1 is 1.36 bits per heavy atom. The summed E-state index contributed by atoms with van der Waals surface area (Å²) in [6, 6.07) is 0. The van der Waals surface area contributed by atoms with E-state index in [2.05, 4.69) is 5.43 Å². The summed E-state index contributed by atoms with van der Waals surface area (Å²) in [6.07, 6.45) is 8.52. The van der Waals surface area contributed by atoms with Crippen molar-refractivity contribution >= 4 is 5.91 Å². The summed E-state index contributed by atoms with van der Waals surface area (Å²) in [5.74, 6) is 1.12. The molecule has 0 aromatic carbocycles. The lowest BCUT2D eigenvalue weighted by molar-refractivity contribution is -0.124. The number of hydrogen-bond donors (Lipinski definition) is 1. The molecule has 0 saturated heterocycles. The first kappa shape index (κ1) is 11.5. The molecule has 14 heavy (non-hydrogen) atoms. The van der Waals surface area contributed by atoms with Gasteiger partial charge in [-0.2, -0.15) is 0 Å². The summed E-state index contributed by atoms with van der Waals surface area (Å²) in [6.45, 7) is 0. The van der Waals surface area contributed by atoms with Gasteiger partial charge in [-0.3, -0.25) is 10.2 Å². The molecule has 0 heterocycles. The van der Waals surface area contributed by atoms with Crippen molar-refractivity contribution in [1.82, 2.24) is 10.4 Å². The first-order valence-corrected chi connectivity index (χ1v) is 5.65. The van der Waals surface area contributed by atoms with Gasteiger partial charge >= 0.3 is 0 Å². The average Bonchev–Trinajstić information content (AvgIpc) is 1.99. The van der Waals surface area contributed by atoms with E-state index in [1.165, 1.54) is 32.1 Å². The van der Waals surface area contributed by atoms with Crippen molar-refractivity contribution in [3.63, 3.8) is 0 Å². The molecule has 82 valence electrons. The molecule has 1 rings (SSSR count). The molecule has 1 aliphatic carbocycles. The fourth-order valence-corrected chi connectivity index (χ4v) is 1.81. The van der Waals surface area contributed by atoms with Crippen molar-refractivity contribution < 1.29 is 4.79 Å². The van der Waals surface area contributed by atoms with Crippen LogP contribution in [0.2, 0.25) is 0 Å². The van der Waals surface area contributed by atoms with Gasteiger partial charge in [0.15, 0.2) is 0 Å². The average molecular weight is 198 g/mol. The third-order valence-electron chi connectivity index (χ3n) is 2.84. The van der Waals surface area contributed by atoms with Crippen LogP contribution in [0.3, 0.4) is 0 Å². The van der Waals surface area contributed by atoms with Crippen molar-refractivity contribution in [2.45, 2.75) is 44.9 Å². The van der Waals surface area contributed by atoms with Gasteiger partial charge in [-0.25, -0.2) is 5.01 Å². The number of hydrogen-bond acceptors (Lipinski definition) is 2. The molecule has 0 aromatic rings. The third kappa shape index (κ3) is 4.61. The zero-order valence-electron chi connectivity index (χ0n) is 9.38. The summed E-state index contributed by atoms with van der Waals surface area (Å²) in [7, 11) is 3.68. The van der Waals surface area contributed by atoms with E-state index in [1.54, 1.807) is 5.01 Å². The van der Waals surface area contributed by atoms with Crippen molar-refractivity contribution in [1.29, 1.82) is 0 Å². The number of unbranched alkanes of at least 4 members (excludes halogenated alkanes) is 1. The number of rotatable bonds is 6. The Kier molecular flexibility index (Phi) is 4.94. The minimum atomic E-state index is 0.142. The largest absolute Gasteiger partial charge is 0.289 e. The van der Waals surface area contributed by atoms with E-state index in [4.69, 9.17) is 0 Å². The van der Waals surface area contributed by atoms with Crippen LogP contribution in [-0.2, 0) is 4.79 Å². The van der Waals surface area contributed by atoms with Gasteiger partial charge in [0.2, 0.25) is 5.91 Å². The Bertz CT molecular complexity index is 176. The maximum atomic E-state index is 11.2. The molecule has 0 spiro atoms. The minimum Gasteiger partial charge on any atom is -0.289 e. The summed E-state index contributed by atoms with van der Waals surface area (Å²) < 4.78 is 0. The van der Waals surface area contributed by atoms with Crippen LogP contribution < -0.4 is 5.43 Å². The summed E-state index contributed by atoms with van der Waals surface area (Å²) in [5, 5.41) is 1.70. The molecule has 0 aromatic heterocycles. The molecule has 1 fully saturated rings. The number of nitrogens with one attached hydrogen (secondary N) is 1. The van der Waals surface area contributed by atoms with Crippen molar-refractivity contribution in [3.8, 4) is 0 Å². The minimum absolute atomic E-state index is 0.142. The van der Waals surface area contributed by atoms with E-state index in [9.17, 15) is 4.79 Å². The van der Waals surface area contributed by atoms with Crippen LogP contribution in [0.5, 0.6) is 0 Å². The zero-order chi connectivity index (χ0) is 10.4. The number of amides is 1. The SMILES string of the molecule is CN(C)NC(=O)CCCCC1CCC1. The maximum Gasteiger partial charge on any atom is 0.234 e. The van der Waals surface area contributed by atoms with Gasteiger partial charge in [0.25, 0.3) is 0 Å². The highest BCUT2D eigenvalue weighted by Gasteiger charge is 2.16. The molecule has 3 nitrogen and oxygen atoms in total. The maximum absolute atomic E-state index is 11.2. The van der Waals surface area contributed by atoms with Gasteiger partial charge < -0.3 is 0 Å². The fraction of sp³-hybridized carbons (Fsp3) is 0.909. The van der Waals surface area contributed by atoms with E-state index >= 15 is 0 Å². The van der Waals surface area contributed by atoms with E-state index in [0.717, 1.165) is 12.3 Å². The molecule has 0 bridgehead atoms. The van der Waals surface area contributed by atoms with Crippen molar-refractivity contribution in [2.75, 3.05) is 14.1 Å². The molecule has 0 radical (unpaired) electrons. The van der Waals surface area contributed by atoms with Crippen LogP contribution in [-0.4, -0.2) is 25.0 Å². The first-order valence-electron chi connectivity index (χ1n) is 5.65. The van der Waals surface area contributed by atoms with Gasteiger partial charge in [0.1, 0.15) is 0 Å². The summed E-state index contributed by atoms with van der Waals surface area (Å²) >= 11 is 0. The van der Waals surface area contributed by atoms with Crippen molar-refractivity contribution in [2.24, 2.45) is 5.92 Å². The van der Waals surface area contributed by atoms with Crippen LogP contribution >= 0.6 is 0 Å². The van der Waals surface area contributed by atoms with E-state index in [1.807, 2.05) is 14.1 Å². The van der Waals surface area contributed by atoms with Crippen LogP contribution in [0.1, 0.15) is 44.9 Å². The Morgan fingerprint density at radius 3 is 2.57 bits per heavy atom. The van der Waals surface area contributed by atoms with Gasteiger partial charge in [-0.15, -0.1) is 0 Å². The molecule has 1 saturated carbocycles. The number of nitrogens with zero attached hydrogens (tertiary/aromatic N) is 1. The lowest BCUT2D eigenvalue weighted by atomic mass is 9.82. The molecule has 1 amide bonds. The Balaban J connectivity index is 1.89. The summed E-state index contributed by atoms with van der Waals surface area (Å²) in [4.78, 5) is 11.2. The lowest BCUT2D eigenvalue weighted by Crippen LogP contribution is -2.35. The molecule has 0 aliphatic heterocycles. The van der Waals surface area contributed by atoms with Crippen LogP contribution in [0, 0.1) is 5.92 Å².